The van der Waals surface area contributed by atoms with Crippen LogP contribution in [-0.2, 0) is 11.3 Å². The van der Waals surface area contributed by atoms with Crippen LogP contribution in [0.1, 0.15) is 54.9 Å². The highest BCUT2D eigenvalue weighted by molar-refractivity contribution is 5.87. The second-order valence-corrected chi connectivity index (χ2v) is 6.44. The second kappa shape index (κ2) is 10.0. The maximum atomic E-state index is 11.9. The minimum atomic E-state index is -0.955. The number of hydrogen-bond acceptors (Lipinski definition) is 3. The molecule has 0 saturated heterocycles. The number of rotatable bonds is 9. The zero-order valence-electron chi connectivity index (χ0n) is 14.8. The Morgan fingerprint density at radius 2 is 1.88 bits per heavy atom. The smallest absolute Gasteiger partial charge is 0.335 e. The van der Waals surface area contributed by atoms with Crippen molar-refractivity contribution in [2.45, 2.75) is 51.7 Å². The molecule has 2 amide bonds. The van der Waals surface area contributed by atoms with Crippen molar-refractivity contribution in [2.75, 3.05) is 13.2 Å². The molecule has 1 unspecified atom stereocenters. The molecule has 1 aromatic carbocycles. The summed E-state index contributed by atoms with van der Waals surface area (Å²) in [6.07, 6.45) is 6.08. The fourth-order valence-electron chi connectivity index (χ4n) is 3.34. The highest BCUT2D eigenvalue weighted by Gasteiger charge is 2.25. The van der Waals surface area contributed by atoms with Crippen LogP contribution in [0.25, 0.3) is 0 Å². The van der Waals surface area contributed by atoms with Crippen LogP contribution in [0.5, 0.6) is 0 Å². The van der Waals surface area contributed by atoms with Gasteiger partial charge in [-0.1, -0.05) is 25.0 Å². The first-order chi connectivity index (χ1) is 12.1. The number of carboxylic acids is 1. The molecule has 0 heterocycles. The van der Waals surface area contributed by atoms with Crippen molar-refractivity contribution >= 4 is 12.0 Å². The topological polar surface area (TPSA) is 87.7 Å². The van der Waals surface area contributed by atoms with Crippen LogP contribution in [0.3, 0.4) is 0 Å². The Hall–Kier alpha value is -2.08. The van der Waals surface area contributed by atoms with E-state index in [-0.39, 0.29) is 17.7 Å². The van der Waals surface area contributed by atoms with E-state index in [2.05, 4.69) is 10.6 Å². The zero-order chi connectivity index (χ0) is 18.1. The van der Waals surface area contributed by atoms with E-state index in [4.69, 9.17) is 9.84 Å². The lowest BCUT2D eigenvalue weighted by molar-refractivity contribution is 0.0167. The molecule has 1 atom stereocenters. The summed E-state index contributed by atoms with van der Waals surface area (Å²) < 4.78 is 5.85. The summed E-state index contributed by atoms with van der Waals surface area (Å²) in [7, 11) is 0. The first-order valence-corrected chi connectivity index (χ1v) is 9.05. The third kappa shape index (κ3) is 6.38. The molecule has 0 aromatic heterocycles. The van der Waals surface area contributed by atoms with Gasteiger partial charge in [-0.25, -0.2) is 9.59 Å². The van der Waals surface area contributed by atoms with Gasteiger partial charge in [-0.15, -0.1) is 0 Å². The van der Waals surface area contributed by atoms with Gasteiger partial charge in [0.15, 0.2) is 0 Å². The minimum Gasteiger partial charge on any atom is -0.478 e. The number of ether oxygens (including phenoxy) is 1. The van der Waals surface area contributed by atoms with Crippen molar-refractivity contribution in [1.29, 1.82) is 0 Å². The van der Waals surface area contributed by atoms with Gasteiger partial charge in [0.05, 0.1) is 11.7 Å². The predicted octanol–water partition coefficient (Wildman–Crippen LogP) is 3.17. The van der Waals surface area contributed by atoms with Crippen LogP contribution in [0, 0.1) is 5.92 Å². The minimum absolute atomic E-state index is 0.219. The van der Waals surface area contributed by atoms with Crippen molar-refractivity contribution in [1.82, 2.24) is 10.6 Å². The molecule has 1 fully saturated rings. The summed E-state index contributed by atoms with van der Waals surface area (Å²) in [6, 6.07) is 6.25. The number of carboxylic acid groups (broad SMARTS) is 1. The number of urea groups is 1. The highest BCUT2D eigenvalue weighted by atomic mass is 16.5. The first-order valence-electron chi connectivity index (χ1n) is 9.05. The number of nitrogens with one attached hydrogen (secondary N) is 2. The molecule has 138 valence electrons. The quantitative estimate of drug-likeness (QED) is 0.640. The molecule has 2 rings (SSSR count). The Morgan fingerprint density at radius 3 is 2.48 bits per heavy atom. The Balaban J connectivity index is 1.68. The number of hydrogen-bond donors (Lipinski definition) is 3. The summed E-state index contributed by atoms with van der Waals surface area (Å²) in [4.78, 5) is 22.7. The lowest BCUT2D eigenvalue weighted by atomic mass is 9.98. The molecule has 6 nitrogen and oxygen atoms in total. The van der Waals surface area contributed by atoms with E-state index in [9.17, 15) is 9.59 Å². The van der Waals surface area contributed by atoms with E-state index in [0.29, 0.717) is 25.6 Å². The largest absolute Gasteiger partial charge is 0.478 e. The number of carbonyl (C=O) groups is 2. The molecule has 1 saturated carbocycles. The van der Waals surface area contributed by atoms with Crippen LogP contribution in [-0.4, -0.2) is 36.4 Å². The molecular formula is C19H28N2O4. The molecule has 1 aliphatic carbocycles. The Bertz CT molecular complexity index is 553. The van der Waals surface area contributed by atoms with E-state index < -0.39 is 5.97 Å². The van der Waals surface area contributed by atoms with Crippen LogP contribution >= 0.6 is 0 Å². The van der Waals surface area contributed by atoms with E-state index in [1.54, 1.807) is 12.1 Å². The van der Waals surface area contributed by atoms with E-state index in [1.807, 2.05) is 6.92 Å². The van der Waals surface area contributed by atoms with Crippen LogP contribution in [0.2, 0.25) is 0 Å². The van der Waals surface area contributed by atoms with Gasteiger partial charge < -0.3 is 20.5 Å². The van der Waals surface area contributed by atoms with Gasteiger partial charge in [-0.2, -0.15) is 0 Å². The van der Waals surface area contributed by atoms with Crippen LogP contribution in [0.4, 0.5) is 4.79 Å². The highest BCUT2D eigenvalue weighted by Crippen LogP contribution is 2.30. The van der Waals surface area contributed by atoms with E-state index in [0.717, 1.165) is 12.0 Å². The predicted molar refractivity (Wildman–Crippen MR) is 95.6 cm³/mol. The van der Waals surface area contributed by atoms with Gasteiger partial charge in [0.2, 0.25) is 0 Å². The molecule has 0 aliphatic heterocycles. The monoisotopic (exact) mass is 348 g/mol. The summed E-state index contributed by atoms with van der Waals surface area (Å²) in [5, 5.41) is 14.5. The van der Waals surface area contributed by atoms with Gasteiger partial charge in [0.25, 0.3) is 0 Å². The molecule has 1 aliphatic rings. The normalized spacial score (nSPS) is 15.7. The summed E-state index contributed by atoms with van der Waals surface area (Å²) >= 11 is 0. The molecule has 1 aromatic rings. The Labute approximate surface area is 149 Å². The SMILES string of the molecule is CCOC(CCNC(=O)NCc1ccc(C(=O)O)cc1)C1CCCC1. The van der Waals surface area contributed by atoms with Gasteiger partial charge in [0, 0.05) is 19.7 Å². The standard InChI is InChI=1S/C19H28N2O4/c1-2-25-17(15-5-3-4-6-15)11-12-20-19(24)21-13-14-7-9-16(10-8-14)18(22)23/h7-10,15,17H,2-6,11-13H2,1H3,(H,22,23)(H2,20,21,24). The van der Waals surface area contributed by atoms with Crippen LogP contribution in [0.15, 0.2) is 24.3 Å². The summed E-state index contributed by atoms with van der Waals surface area (Å²) in [5.41, 5.74) is 1.10. The number of amides is 2. The van der Waals surface area contributed by atoms with Crippen molar-refractivity contribution in [2.24, 2.45) is 5.92 Å². The van der Waals surface area contributed by atoms with Crippen molar-refractivity contribution in [3.05, 3.63) is 35.4 Å². The Kier molecular flexibility index (Phi) is 7.73. The fourth-order valence-corrected chi connectivity index (χ4v) is 3.34. The average Bonchev–Trinajstić information content (AvgIpc) is 3.14. The first kappa shape index (κ1) is 19.2. The number of benzene rings is 1. The van der Waals surface area contributed by atoms with Crippen molar-refractivity contribution in [3.8, 4) is 0 Å². The number of aromatic carboxylic acids is 1. The lowest BCUT2D eigenvalue weighted by Crippen LogP contribution is -2.37. The summed E-state index contributed by atoms with van der Waals surface area (Å²) in [5.74, 6) is -0.332. The fraction of sp³-hybridized carbons (Fsp3) is 0.579. The lowest BCUT2D eigenvalue weighted by Gasteiger charge is -2.23. The van der Waals surface area contributed by atoms with Gasteiger partial charge in [-0.3, -0.25) is 0 Å². The van der Waals surface area contributed by atoms with Crippen LogP contribution < -0.4 is 10.6 Å². The maximum Gasteiger partial charge on any atom is 0.335 e. The second-order valence-electron chi connectivity index (χ2n) is 6.44. The number of carbonyl (C=O) groups excluding carboxylic acids is 1. The third-order valence-electron chi connectivity index (χ3n) is 4.67. The zero-order valence-corrected chi connectivity index (χ0v) is 14.8. The molecule has 0 spiro atoms. The van der Waals surface area contributed by atoms with E-state index in [1.165, 1.54) is 37.8 Å². The van der Waals surface area contributed by atoms with E-state index >= 15 is 0 Å². The van der Waals surface area contributed by atoms with Gasteiger partial charge in [0.1, 0.15) is 0 Å². The Morgan fingerprint density at radius 1 is 1.20 bits per heavy atom. The van der Waals surface area contributed by atoms with Gasteiger partial charge in [-0.05, 0) is 49.8 Å². The molecule has 0 radical (unpaired) electrons. The van der Waals surface area contributed by atoms with Gasteiger partial charge >= 0.3 is 12.0 Å². The summed E-state index contributed by atoms with van der Waals surface area (Å²) in [6.45, 7) is 3.67. The molecule has 3 N–H and O–H groups in total. The maximum absolute atomic E-state index is 11.9. The van der Waals surface area contributed by atoms with Crippen molar-refractivity contribution < 1.29 is 19.4 Å². The third-order valence-corrected chi connectivity index (χ3v) is 4.67. The molecule has 0 bridgehead atoms. The average molecular weight is 348 g/mol. The molecular weight excluding hydrogens is 320 g/mol. The molecule has 6 heteroatoms. The molecule has 25 heavy (non-hydrogen) atoms. The van der Waals surface area contributed by atoms with Crippen molar-refractivity contribution in [3.63, 3.8) is 0 Å².